The number of amides is 1. The van der Waals surface area contributed by atoms with Gasteiger partial charge in [0.05, 0.1) is 30.6 Å². The quantitative estimate of drug-likeness (QED) is 0.244. The summed E-state index contributed by atoms with van der Waals surface area (Å²) in [5.74, 6) is 2.74. The van der Waals surface area contributed by atoms with Crippen LogP contribution >= 0.6 is 0 Å². The summed E-state index contributed by atoms with van der Waals surface area (Å²) in [6, 6.07) is 14.6. The van der Waals surface area contributed by atoms with Crippen LogP contribution in [0.4, 0.5) is 4.39 Å². The molecular formula is C35H36FN5O3. The molecule has 1 amide bonds. The topological polar surface area (TPSA) is 85.4 Å². The van der Waals surface area contributed by atoms with Crippen LogP contribution in [-0.2, 0) is 20.2 Å². The Balaban J connectivity index is 1.24. The molecule has 44 heavy (non-hydrogen) atoms. The highest BCUT2D eigenvalue weighted by Crippen LogP contribution is 2.44. The van der Waals surface area contributed by atoms with Gasteiger partial charge >= 0.3 is 0 Å². The van der Waals surface area contributed by atoms with Crippen molar-refractivity contribution in [3.8, 4) is 28.5 Å². The number of methoxy groups -OCH3 is 1. The number of fused-ring (bicyclic) bond motifs is 4. The number of aromatic nitrogens is 4. The maximum Gasteiger partial charge on any atom is 0.254 e. The van der Waals surface area contributed by atoms with Crippen molar-refractivity contribution in [3.63, 3.8) is 0 Å². The first-order valence-electron chi connectivity index (χ1n) is 15.6. The lowest BCUT2D eigenvalue weighted by Crippen LogP contribution is -2.38. The number of carbonyl (C=O) groups is 1. The van der Waals surface area contributed by atoms with Gasteiger partial charge in [0.2, 0.25) is 0 Å². The third-order valence-corrected chi connectivity index (χ3v) is 10.3. The van der Waals surface area contributed by atoms with Gasteiger partial charge in [0.1, 0.15) is 22.7 Å². The molecule has 2 saturated carbocycles. The summed E-state index contributed by atoms with van der Waals surface area (Å²) in [6.45, 7) is 3.71. The first-order chi connectivity index (χ1) is 21.3. The molecule has 1 saturated heterocycles. The van der Waals surface area contributed by atoms with E-state index in [-0.39, 0.29) is 18.3 Å². The van der Waals surface area contributed by atoms with E-state index in [9.17, 15) is 14.3 Å². The van der Waals surface area contributed by atoms with Gasteiger partial charge in [-0.05, 0) is 91.5 Å². The van der Waals surface area contributed by atoms with Crippen molar-refractivity contribution in [1.29, 1.82) is 0 Å². The van der Waals surface area contributed by atoms with Crippen molar-refractivity contribution in [2.45, 2.75) is 51.8 Å². The van der Waals surface area contributed by atoms with E-state index in [0.29, 0.717) is 57.4 Å². The number of aliphatic hydroxyl groups is 1. The number of ether oxygens (including phenoxy) is 1. The zero-order valence-corrected chi connectivity index (χ0v) is 25.3. The second-order valence-electron chi connectivity index (χ2n) is 12.9. The molecule has 2 aromatic carbocycles. The summed E-state index contributed by atoms with van der Waals surface area (Å²) in [4.78, 5) is 25.9. The maximum atomic E-state index is 14.9. The first-order valence-corrected chi connectivity index (χ1v) is 15.6. The van der Waals surface area contributed by atoms with Crippen molar-refractivity contribution in [2.75, 3.05) is 13.7 Å². The standard InChI is InChI=1S/C35H36FN5O3/c1-19-23-8-11-29(19)41(17-23)35(43)24-13-28-32(31(15-24)44-3)39(2)34(38-28)30-14-22-7-10-27(25-12-21(18-42)6-9-26(25)36)37-33(22)40(30)16-20-4-5-20/h6-7,9-10,12-15,19-20,23,29,42H,4-5,8,11,16-18H2,1-3H3/t19-,23?,29?/m1/s1. The zero-order chi connectivity index (χ0) is 30.3. The molecule has 3 atom stereocenters. The summed E-state index contributed by atoms with van der Waals surface area (Å²) in [5.41, 5.74) is 5.35. The number of hydrogen-bond donors (Lipinski definition) is 1. The molecule has 2 bridgehead atoms. The fraction of sp³-hybridized carbons (Fsp3) is 0.400. The summed E-state index contributed by atoms with van der Waals surface area (Å²) < 4.78 is 25.0. The molecule has 1 aliphatic heterocycles. The van der Waals surface area contributed by atoms with Gasteiger partial charge in [0.25, 0.3) is 5.91 Å². The SMILES string of the molecule is COc1cc(C(=O)N2CC3CCC2[C@@H]3C)cc2nc(-c3cc4ccc(-c5cc(CO)ccc5F)nc4n3CC3CC3)n(C)c12. The number of carbonyl (C=O) groups excluding carboxylic acids is 1. The number of rotatable bonds is 7. The largest absolute Gasteiger partial charge is 0.494 e. The fourth-order valence-electron chi connectivity index (χ4n) is 7.60. The van der Waals surface area contributed by atoms with Gasteiger partial charge in [-0.3, -0.25) is 4.79 Å². The Morgan fingerprint density at radius 3 is 2.61 bits per heavy atom. The van der Waals surface area contributed by atoms with Crippen molar-refractivity contribution in [2.24, 2.45) is 24.8 Å². The highest BCUT2D eigenvalue weighted by molar-refractivity contribution is 6.00. The molecular weight excluding hydrogens is 557 g/mol. The molecule has 1 N–H and O–H groups in total. The average molecular weight is 594 g/mol. The van der Waals surface area contributed by atoms with Gasteiger partial charge in [0, 0.05) is 42.7 Å². The molecule has 3 aliphatic rings. The number of aliphatic hydroxyl groups excluding tert-OH is 1. The minimum atomic E-state index is -0.376. The van der Waals surface area contributed by atoms with Crippen LogP contribution in [0.1, 0.15) is 48.5 Å². The zero-order valence-electron chi connectivity index (χ0n) is 25.3. The number of halogens is 1. The summed E-state index contributed by atoms with van der Waals surface area (Å²) >= 11 is 0. The van der Waals surface area contributed by atoms with Crippen molar-refractivity contribution in [1.82, 2.24) is 24.0 Å². The first kappa shape index (κ1) is 27.3. The van der Waals surface area contributed by atoms with E-state index in [0.717, 1.165) is 60.4 Å². The Bertz CT molecular complexity index is 1960. The molecule has 3 fully saturated rings. The van der Waals surface area contributed by atoms with Crippen LogP contribution in [-0.4, -0.2) is 54.7 Å². The fourth-order valence-corrected chi connectivity index (χ4v) is 7.60. The van der Waals surface area contributed by atoms with Crippen LogP contribution < -0.4 is 4.74 Å². The van der Waals surface area contributed by atoms with Crippen LogP contribution in [0.2, 0.25) is 0 Å². The van der Waals surface area contributed by atoms with Gasteiger partial charge in [-0.2, -0.15) is 0 Å². The van der Waals surface area contributed by atoms with Gasteiger partial charge in [-0.1, -0.05) is 13.0 Å². The van der Waals surface area contributed by atoms with Crippen molar-refractivity contribution in [3.05, 3.63) is 65.5 Å². The monoisotopic (exact) mass is 593 g/mol. The molecule has 3 aromatic heterocycles. The second-order valence-corrected chi connectivity index (χ2v) is 12.9. The Hall–Kier alpha value is -4.24. The molecule has 8 rings (SSSR count). The molecule has 2 unspecified atom stereocenters. The Morgan fingerprint density at radius 1 is 1.07 bits per heavy atom. The van der Waals surface area contributed by atoms with Crippen LogP contribution in [0.3, 0.4) is 0 Å². The van der Waals surface area contributed by atoms with Crippen LogP contribution in [0, 0.1) is 23.6 Å². The Labute approximate surface area is 255 Å². The predicted molar refractivity (Wildman–Crippen MR) is 167 cm³/mol. The number of aryl methyl sites for hydroxylation is 1. The molecule has 8 nitrogen and oxygen atoms in total. The predicted octanol–water partition coefficient (Wildman–Crippen LogP) is 6.18. The van der Waals surface area contributed by atoms with Gasteiger partial charge in [0.15, 0.2) is 5.82 Å². The lowest BCUT2D eigenvalue weighted by molar-refractivity contribution is 0.0696. The molecule has 0 spiro atoms. The number of hydrogen-bond acceptors (Lipinski definition) is 5. The molecule has 4 heterocycles. The van der Waals surface area contributed by atoms with Crippen LogP contribution in [0.25, 0.3) is 44.8 Å². The molecule has 5 aromatic rings. The lowest BCUT2D eigenvalue weighted by Gasteiger charge is -2.27. The van der Waals surface area contributed by atoms with Crippen LogP contribution in [0.15, 0.2) is 48.5 Å². The number of piperidine rings is 1. The third-order valence-electron chi connectivity index (χ3n) is 10.3. The van der Waals surface area contributed by atoms with E-state index in [2.05, 4.69) is 22.5 Å². The van der Waals surface area contributed by atoms with Crippen molar-refractivity contribution >= 4 is 28.0 Å². The number of pyridine rings is 1. The van der Waals surface area contributed by atoms with Gasteiger partial charge < -0.3 is 23.9 Å². The minimum absolute atomic E-state index is 0.0496. The second kappa shape index (κ2) is 10.2. The summed E-state index contributed by atoms with van der Waals surface area (Å²) in [6.07, 6.45) is 4.60. The van der Waals surface area contributed by atoms with Gasteiger partial charge in [-0.25, -0.2) is 14.4 Å². The number of imidazole rings is 1. The summed E-state index contributed by atoms with van der Waals surface area (Å²) in [5, 5.41) is 10.6. The molecule has 0 radical (unpaired) electrons. The smallest absolute Gasteiger partial charge is 0.254 e. The van der Waals surface area contributed by atoms with E-state index < -0.39 is 0 Å². The van der Waals surface area contributed by atoms with E-state index in [1.807, 2.05) is 35.9 Å². The number of likely N-dealkylation sites (tertiary alicyclic amines) is 1. The molecule has 2 aliphatic carbocycles. The van der Waals surface area contributed by atoms with E-state index >= 15 is 0 Å². The highest BCUT2D eigenvalue weighted by atomic mass is 19.1. The van der Waals surface area contributed by atoms with Crippen LogP contribution in [0.5, 0.6) is 5.75 Å². The Morgan fingerprint density at radius 2 is 1.91 bits per heavy atom. The number of benzene rings is 2. The minimum Gasteiger partial charge on any atom is -0.494 e. The average Bonchev–Trinajstić information content (AvgIpc) is 3.44. The third kappa shape index (κ3) is 4.24. The molecule has 9 heteroatoms. The van der Waals surface area contributed by atoms with E-state index in [1.165, 1.54) is 12.5 Å². The van der Waals surface area contributed by atoms with Crippen molar-refractivity contribution < 1.29 is 19.0 Å². The van der Waals surface area contributed by atoms with E-state index in [4.69, 9.17) is 14.7 Å². The summed E-state index contributed by atoms with van der Waals surface area (Å²) in [7, 11) is 3.61. The Kier molecular flexibility index (Phi) is 6.31. The maximum absolute atomic E-state index is 14.9. The van der Waals surface area contributed by atoms with Gasteiger partial charge in [-0.15, -0.1) is 0 Å². The molecule has 226 valence electrons. The normalized spacial score (nSPS) is 21.2. The highest BCUT2D eigenvalue weighted by Gasteiger charge is 2.46. The number of nitrogens with zero attached hydrogens (tertiary/aromatic N) is 5. The van der Waals surface area contributed by atoms with E-state index in [1.54, 1.807) is 19.2 Å². The lowest BCUT2D eigenvalue weighted by atomic mass is 10.0.